The highest BCUT2D eigenvalue weighted by Gasteiger charge is 2.60. The highest BCUT2D eigenvalue weighted by molar-refractivity contribution is 7.94. The summed E-state index contributed by atoms with van der Waals surface area (Å²) in [7, 11) is -3.50. The molecule has 1 aliphatic heterocycles. The first kappa shape index (κ1) is 13.4. The minimum absolute atomic E-state index is 0.0154. The minimum atomic E-state index is -3.50. The molecule has 0 radical (unpaired) electrons. The molecule has 0 aliphatic carbocycles. The average Bonchev–Trinajstić information content (AvgIpc) is 2.12. The quantitative estimate of drug-likeness (QED) is 0.780. The lowest BCUT2D eigenvalue weighted by molar-refractivity contribution is -0.133. The Morgan fingerprint density at radius 2 is 1.88 bits per heavy atom. The molecule has 0 spiro atoms. The van der Waals surface area contributed by atoms with Crippen molar-refractivity contribution < 1.29 is 18.3 Å². The smallest absolute Gasteiger partial charge is 0.258 e. The molecule has 1 heterocycles. The van der Waals surface area contributed by atoms with Crippen LogP contribution < -0.4 is 0 Å². The van der Waals surface area contributed by atoms with Gasteiger partial charge < -0.3 is 5.11 Å². The Hall–Kier alpha value is -0.620. The molecule has 16 heavy (non-hydrogen) atoms. The Balaban J connectivity index is 2.84. The fourth-order valence-electron chi connectivity index (χ4n) is 1.68. The van der Waals surface area contributed by atoms with E-state index in [9.17, 15) is 13.2 Å². The molecule has 5 nitrogen and oxygen atoms in total. The number of hydrogen-bond donors (Lipinski definition) is 1. The first-order valence-electron chi connectivity index (χ1n) is 5.24. The van der Waals surface area contributed by atoms with E-state index in [0.717, 1.165) is 4.31 Å². The lowest BCUT2D eigenvalue weighted by Gasteiger charge is -2.46. The summed E-state index contributed by atoms with van der Waals surface area (Å²) in [6.07, 6.45) is 0.465. The van der Waals surface area contributed by atoms with Gasteiger partial charge in [-0.2, -0.15) is 0 Å². The van der Waals surface area contributed by atoms with Crippen LogP contribution in [0, 0.1) is 5.41 Å². The number of aliphatic hydroxyl groups excluding tert-OH is 1. The van der Waals surface area contributed by atoms with Crippen LogP contribution in [-0.4, -0.2) is 41.6 Å². The van der Waals surface area contributed by atoms with E-state index in [0.29, 0.717) is 6.42 Å². The van der Waals surface area contributed by atoms with E-state index in [1.165, 1.54) is 13.8 Å². The van der Waals surface area contributed by atoms with E-state index in [-0.39, 0.29) is 19.1 Å². The molecule has 1 saturated heterocycles. The number of carbonyl (C=O) groups excluding carboxylic acids is 1. The molecule has 0 aromatic heterocycles. The van der Waals surface area contributed by atoms with Gasteiger partial charge in [0.2, 0.25) is 0 Å². The van der Waals surface area contributed by atoms with Gasteiger partial charge in [0.15, 0.2) is 4.75 Å². The number of rotatable bonds is 4. The van der Waals surface area contributed by atoms with E-state index in [1.807, 2.05) is 13.8 Å². The van der Waals surface area contributed by atoms with Gasteiger partial charge in [-0.3, -0.25) is 4.79 Å². The van der Waals surface area contributed by atoms with Crippen LogP contribution in [0.5, 0.6) is 0 Å². The van der Waals surface area contributed by atoms with Crippen molar-refractivity contribution in [2.45, 2.75) is 38.9 Å². The number of carbonyl (C=O) groups is 1. The molecule has 1 N–H and O–H groups in total. The number of sulfonamides is 1. The normalized spacial score (nSPS) is 23.1. The molecule has 1 rings (SSSR count). The van der Waals surface area contributed by atoms with E-state index in [2.05, 4.69) is 0 Å². The van der Waals surface area contributed by atoms with Crippen LogP contribution in [0.3, 0.4) is 0 Å². The average molecular weight is 249 g/mol. The number of aliphatic hydroxyl groups is 1. The second kappa shape index (κ2) is 3.70. The third kappa shape index (κ3) is 1.84. The van der Waals surface area contributed by atoms with Crippen molar-refractivity contribution in [1.82, 2.24) is 4.31 Å². The van der Waals surface area contributed by atoms with Crippen LogP contribution in [0.25, 0.3) is 0 Å². The third-order valence-electron chi connectivity index (χ3n) is 3.04. The predicted molar refractivity (Wildman–Crippen MR) is 60.2 cm³/mol. The first-order chi connectivity index (χ1) is 7.06. The third-order valence-corrected chi connectivity index (χ3v) is 5.38. The van der Waals surface area contributed by atoms with Crippen LogP contribution >= 0.6 is 0 Å². The lowest BCUT2D eigenvalue weighted by atomic mass is 9.89. The summed E-state index contributed by atoms with van der Waals surface area (Å²) in [6, 6.07) is 0. The van der Waals surface area contributed by atoms with Crippen LogP contribution in [0.2, 0.25) is 0 Å². The van der Waals surface area contributed by atoms with Gasteiger partial charge in [0.1, 0.15) is 0 Å². The van der Waals surface area contributed by atoms with Gasteiger partial charge in [-0.15, -0.1) is 0 Å². The van der Waals surface area contributed by atoms with Gasteiger partial charge in [-0.05, 0) is 25.7 Å². The van der Waals surface area contributed by atoms with Crippen LogP contribution in [0.15, 0.2) is 0 Å². The summed E-state index contributed by atoms with van der Waals surface area (Å²) in [4.78, 5) is 11.7. The highest BCUT2D eigenvalue weighted by Crippen LogP contribution is 2.37. The molecule has 1 aliphatic rings. The summed E-state index contributed by atoms with van der Waals surface area (Å²) < 4.78 is 23.2. The van der Waals surface area contributed by atoms with Crippen LogP contribution in [0.1, 0.15) is 34.1 Å². The van der Waals surface area contributed by atoms with Gasteiger partial charge in [-0.1, -0.05) is 13.8 Å². The summed E-state index contributed by atoms with van der Waals surface area (Å²) in [5, 5.41) is 8.85. The predicted octanol–water partition coefficient (Wildman–Crippen LogP) is 0.346. The van der Waals surface area contributed by atoms with Gasteiger partial charge in [-0.25, -0.2) is 12.7 Å². The molecular weight excluding hydrogens is 230 g/mol. The van der Waals surface area contributed by atoms with Crippen molar-refractivity contribution in [2.75, 3.05) is 13.2 Å². The van der Waals surface area contributed by atoms with E-state index < -0.39 is 20.2 Å². The van der Waals surface area contributed by atoms with Crippen molar-refractivity contribution in [3.63, 3.8) is 0 Å². The molecule has 0 bridgehead atoms. The van der Waals surface area contributed by atoms with Crippen LogP contribution in [0.4, 0.5) is 0 Å². The maximum atomic E-state index is 11.8. The maximum absolute atomic E-state index is 11.8. The second-order valence-corrected chi connectivity index (χ2v) is 7.88. The zero-order valence-corrected chi connectivity index (χ0v) is 11.0. The molecule has 0 aromatic carbocycles. The van der Waals surface area contributed by atoms with Crippen LogP contribution in [-0.2, 0) is 14.8 Å². The van der Waals surface area contributed by atoms with Crippen molar-refractivity contribution >= 4 is 15.9 Å². The van der Waals surface area contributed by atoms with E-state index in [4.69, 9.17) is 5.11 Å². The molecule has 0 saturated carbocycles. The molecule has 0 aromatic rings. The number of amides is 1. The molecule has 1 fully saturated rings. The van der Waals surface area contributed by atoms with Crippen molar-refractivity contribution in [2.24, 2.45) is 5.41 Å². The highest BCUT2D eigenvalue weighted by atomic mass is 32.2. The maximum Gasteiger partial charge on any atom is 0.258 e. The standard InChI is InChI=1S/C10H19NO4S/c1-9(2,5-6-12)7-11-8(13)10(3,4)16(11,14)15/h12H,5-7H2,1-4H3. The molecule has 0 atom stereocenters. The van der Waals surface area contributed by atoms with Gasteiger partial charge in [0.05, 0.1) is 0 Å². The molecule has 6 heteroatoms. The number of nitrogens with zero attached hydrogens (tertiary/aromatic N) is 1. The Labute approximate surface area is 96.5 Å². The van der Waals surface area contributed by atoms with Crippen molar-refractivity contribution in [3.05, 3.63) is 0 Å². The molecule has 0 unspecified atom stereocenters. The zero-order chi connectivity index (χ0) is 12.8. The number of hydrogen-bond acceptors (Lipinski definition) is 4. The summed E-state index contributed by atoms with van der Waals surface area (Å²) in [5.41, 5.74) is -0.395. The minimum Gasteiger partial charge on any atom is -0.396 e. The fourth-order valence-corrected chi connectivity index (χ4v) is 3.40. The zero-order valence-electron chi connectivity index (χ0n) is 10.1. The monoisotopic (exact) mass is 249 g/mol. The summed E-state index contributed by atoms with van der Waals surface area (Å²) in [5.74, 6) is -0.362. The van der Waals surface area contributed by atoms with Gasteiger partial charge in [0.25, 0.3) is 15.9 Å². The van der Waals surface area contributed by atoms with E-state index in [1.54, 1.807) is 0 Å². The Morgan fingerprint density at radius 3 is 2.25 bits per heavy atom. The summed E-state index contributed by atoms with van der Waals surface area (Å²) in [6.45, 7) is 6.62. The van der Waals surface area contributed by atoms with Crippen molar-refractivity contribution in [1.29, 1.82) is 0 Å². The van der Waals surface area contributed by atoms with E-state index >= 15 is 0 Å². The Kier molecular flexibility index (Phi) is 3.11. The molecule has 1 amide bonds. The first-order valence-corrected chi connectivity index (χ1v) is 6.68. The largest absolute Gasteiger partial charge is 0.396 e. The SMILES string of the molecule is CC(C)(CCO)CN1C(=O)C(C)(C)S1(=O)=O. The Morgan fingerprint density at radius 1 is 1.38 bits per heavy atom. The lowest BCUT2D eigenvalue weighted by Crippen LogP contribution is -2.68. The molecular formula is C10H19NO4S. The van der Waals surface area contributed by atoms with Gasteiger partial charge in [0, 0.05) is 13.2 Å². The topological polar surface area (TPSA) is 74.7 Å². The fraction of sp³-hybridized carbons (Fsp3) is 0.900. The van der Waals surface area contributed by atoms with Gasteiger partial charge >= 0.3 is 0 Å². The van der Waals surface area contributed by atoms with Crippen molar-refractivity contribution in [3.8, 4) is 0 Å². The molecule has 94 valence electrons. The second-order valence-electron chi connectivity index (χ2n) is 5.46. The summed E-state index contributed by atoms with van der Waals surface area (Å²) >= 11 is 0. The Bertz CT molecular complexity index is 397.